The summed E-state index contributed by atoms with van der Waals surface area (Å²) in [4.78, 5) is 23.9. The molecular weight excluding hydrogens is 294 g/mol. The first kappa shape index (κ1) is 15.7. The number of hydrogen-bond donors (Lipinski definition) is 2. The summed E-state index contributed by atoms with van der Waals surface area (Å²) in [7, 11) is 0. The second-order valence-electron chi connectivity index (χ2n) is 4.61. The van der Waals surface area contributed by atoms with Gasteiger partial charge in [0.15, 0.2) is 0 Å². The van der Waals surface area contributed by atoms with E-state index in [4.69, 9.17) is 14.6 Å². The monoisotopic (exact) mass is 311 g/mol. The van der Waals surface area contributed by atoms with Gasteiger partial charge in [0.05, 0.1) is 30.8 Å². The van der Waals surface area contributed by atoms with E-state index in [-0.39, 0.29) is 12.0 Å². The zero-order valence-corrected chi connectivity index (χ0v) is 12.4. The zero-order chi connectivity index (χ0) is 15.2. The van der Waals surface area contributed by atoms with Crippen LogP contribution in [0.3, 0.4) is 0 Å². The van der Waals surface area contributed by atoms with Crippen LogP contribution in [0.5, 0.6) is 0 Å². The fraction of sp³-hybridized carbons (Fsp3) is 0.429. The summed E-state index contributed by atoms with van der Waals surface area (Å²) in [5.74, 6) is -1.20. The van der Waals surface area contributed by atoms with Crippen molar-refractivity contribution in [3.8, 4) is 0 Å². The Morgan fingerprint density at radius 3 is 3.00 bits per heavy atom. The van der Waals surface area contributed by atoms with E-state index in [1.807, 2.05) is 6.92 Å². The van der Waals surface area contributed by atoms with Crippen LogP contribution in [0.1, 0.15) is 20.1 Å². The number of amides is 1. The van der Waals surface area contributed by atoms with Crippen molar-refractivity contribution >= 4 is 29.3 Å². The largest absolute Gasteiger partial charge is 0.478 e. The Morgan fingerprint density at radius 1 is 1.52 bits per heavy atom. The maximum Gasteiger partial charge on any atom is 0.328 e. The number of carbonyl (C=O) groups is 2. The van der Waals surface area contributed by atoms with E-state index in [0.29, 0.717) is 31.2 Å². The molecule has 1 amide bonds. The Balaban J connectivity index is 1.93. The SMILES string of the molecule is Cc1cc(C(=O)NCC2COCCO2)sc1/C=C/C(=O)O. The van der Waals surface area contributed by atoms with E-state index < -0.39 is 5.97 Å². The van der Waals surface area contributed by atoms with Crippen molar-refractivity contribution in [3.63, 3.8) is 0 Å². The number of nitrogens with one attached hydrogen (secondary N) is 1. The topological polar surface area (TPSA) is 84.9 Å². The van der Waals surface area contributed by atoms with Gasteiger partial charge in [0.2, 0.25) is 0 Å². The number of hydrogen-bond acceptors (Lipinski definition) is 5. The normalized spacial score (nSPS) is 18.8. The van der Waals surface area contributed by atoms with Crippen molar-refractivity contribution in [2.24, 2.45) is 0 Å². The lowest BCUT2D eigenvalue weighted by molar-refractivity contribution is -0.131. The fourth-order valence-electron chi connectivity index (χ4n) is 1.87. The van der Waals surface area contributed by atoms with Gasteiger partial charge in [-0.15, -0.1) is 11.3 Å². The van der Waals surface area contributed by atoms with E-state index in [1.165, 1.54) is 17.4 Å². The minimum Gasteiger partial charge on any atom is -0.478 e. The van der Waals surface area contributed by atoms with E-state index in [1.54, 1.807) is 6.07 Å². The van der Waals surface area contributed by atoms with Crippen molar-refractivity contribution in [3.05, 3.63) is 27.5 Å². The van der Waals surface area contributed by atoms with Crippen molar-refractivity contribution in [1.29, 1.82) is 0 Å². The molecule has 1 atom stereocenters. The number of carboxylic acid groups (broad SMARTS) is 1. The lowest BCUT2D eigenvalue weighted by Crippen LogP contribution is -2.39. The molecule has 0 aliphatic carbocycles. The Labute approximate surface area is 126 Å². The molecule has 7 heteroatoms. The molecule has 2 N–H and O–H groups in total. The first-order chi connectivity index (χ1) is 10.1. The van der Waals surface area contributed by atoms with Crippen LogP contribution in [0.15, 0.2) is 12.1 Å². The minimum atomic E-state index is -1.01. The Bertz CT molecular complexity index is 546. The number of aliphatic carboxylic acids is 1. The summed E-state index contributed by atoms with van der Waals surface area (Å²) in [5, 5.41) is 11.4. The highest BCUT2D eigenvalue weighted by atomic mass is 32.1. The van der Waals surface area contributed by atoms with Crippen LogP contribution in [-0.2, 0) is 14.3 Å². The van der Waals surface area contributed by atoms with E-state index >= 15 is 0 Å². The van der Waals surface area contributed by atoms with Crippen molar-refractivity contribution in [1.82, 2.24) is 5.32 Å². The summed E-state index contributed by atoms with van der Waals surface area (Å²) in [5.41, 5.74) is 0.875. The third-order valence-corrected chi connectivity index (χ3v) is 4.13. The molecule has 0 saturated carbocycles. The van der Waals surface area contributed by atoms with E-state index in [0.717, 1.165) is 16.5 Å². The van der Waals surface area contributed by atoms with Gasteiger partial charge in [0.25, 0.3) is 5.91 Å². The summed E-state index contributed by atoms with van der Waals surface area (Å²) >= 11 is 1.26. The van der Waals surface area contributed by atoms with Crippen molar-refractivity contribution in [2.45, 2.75) is 13.0 Å². The average molecular weight is 311 g/mol. The molecule has 1 aliphatic heterocycles. The average Bonchev–Trinajstić information content (AvgIpc) is 2.85. The van der Waals surface area contributed by atoms with Crippen LogP contribution in [0.4, 0.5) is 0 Å². The van der Waals surface area contributed by atoms with Gasteiger partial charge in [0.1, 0.15) is 0 Å². The molecule has 1 aromatic heterocycles. The van der Waals surface area contributed by atoms with Crippen LogP contribution >= 0.6 is 11.3 Å². The maximum absolute atomic E-state index is 12.1. The number of carboxylic acids is 1. The van der Waals surface area contributed by atoms with E-state index in [2.05, 4.69) is 5.32 Å². The summed E-state index contributed by atoms with van der Waals surface area (Å²) in [6.07, 6.45) is 2.44. The molecule has 0 spiro atoms. The Morgan fingerprint density at radius 2 is 2.33 bits per heavy atom. The van der Waals surface area contributed by atoms with Gasteiger partial charge in [-0.1, -0.05) is 0 Å². The number of aryl methyl sites for hydroxylation is 1. The first-order valence-electron chi connectivity index (χ1n) is 6.55. The van der Waals surface area contributed by atoms with Gasteiger partial charge in [0, 0.05) is 17.5 Å². The molecule has 1 aromatic rings. The highest BCUT2D eigenvalue weighted by Crippen LogP contribution is 2.23. The number of carbonyl (C=O) groups excluding carboxylic acids is 1. The maximum atomic E-state index is 12.1. The predicted molar refractivity (Wildman–Crippen MR) is 78.6 cm³/mol. The van der Waals surface area contributed by atoms with Gasteiger partial charge >= 0.3 is 5.97 Å². The molecule has 2 rings (SSSR count). The highest BCUT2D eigenvalue weighted by molar-refractivity contribution is 7.15. The van der Waals surface area contributed by atoms with Gasteiger partial charge in [-0.25, -0.2) is 4.79 Å². The number of rotatable bonds is 5. The molecule has 21 heavy (non-hydrogen) atoms. The lowest BCUT2D eigenvalue weighted by atomic mass is 10.2. The molecule has 0 bridgehead atoms. The Kier molecular flexibility index (Phi) is 5.49. The molecule has 1 saturated heterocycles. The molecule has 6 nitrogen and oxygen atoms in total. The molecule has 1 aliphatic rings. The molecular formula is C14H17NO5S. The molecule has 1 unspecified atom stereocenters. The van der Waals surface area contributed by atoms with E-state index in [9.17, 15) is 9.59 Å². The number of ether oxygens (including phenoxy) is 2. The van der Waals surface area contributed by atoms with Crippen LogP contribution < -0.4 is 5.32 Å². The van der Waals surface area contributed by atoms with Crippen LogP contribution in [0.2, 0.25) is 0 Å². The van der Waals surface area contributed by atoms with Crippen LogP contribution in [-0.4, -0.2) is 49.5 Å². The summed E-state index contributed by atoms with van der Waals surface area (Å²) < 4.78 is 10.7. The molecule has 2 heterocycles. The van der Waals surface area contributed by atoms with Crippen LogP contribution in [0, 0.1) is 6.92 Å². The van der Waals surface area contributed by atoms with Gasteiger partial charge in [-0.3, -0.25) is 4.79 Å². The molecule has 0 aromatic carbocycles. The smallest absolute Gasteiger partial charge is 0.328 e. The number of thiophene rings is 1. The minimum absolute atomic E-state index is 0.116. The molecule has 0 radical (unpaired) electrons. The third-order valence-electron chi connectivity index (χ3n) is 2.93. The Hall–Kier alpha value is -1.70. The molecule has 1 fully saturated rings. The fourth-order valence-corrected chi connectivity index (χ4v) is 2.86. The highest BCUT2D eigenvalue weighted by Gasteiger charge is 2.17. The zero-order valence-electron chi connectivity index (χ0n) is 11.6. The van der Waals surface area contributed by atoms with Gasteiger partial charge < -0.3 is 19.9 Å². The summed E-state index contributed by atoms with van der Waals surface area (Å²) in [6.45, 7) is 3.86. The first-order valence-corrected chi connectivity index (χ1v) is 7.37. The third kappa shape index (κ3) is 4.66. The van der Waals surface area contributed by atoms with Crippen LogP contribution in [0.25, 0.3) is 6.08 Å². The standard InChI is InChI=1S/C14H17NO5S/c1-9-6-12(21-11(9)2-3-13(16)17)14(18)15-7-10-8-19-4-5-20-10/h2-3,6,10H,4-5,7-8H2,1H3,(H,15,18)(H,16,17)/b3-2+. The predicted octanol–water partition coefficient (Wildman–Crippen LogP) is 1.30. The van der Waals surface area contributed by atoms with Crippen molar-refractivity contribution in [2.75, 3.05) is 26.4 Å². The quantitative estimate of drug-likeness (QED) is 0.801. The second-order valence-corrected chi connectivity index (χ2v) is 5.69. The lowest BCUT2D eigenvalue weighted by Gasteiger charge is -2.22. The van der Waals surface area contributed by atoms with Crippen molar-refractivity contribution < 1.29 is 24.2 Å². The van der Waals surface area contributed by atoms with Gasteiger partial charge in [-0.2, -0.15) is 0 Å². The molecule has 114 valence electrons. The van der Waals surface area contributed by atoms with Gasteiger partial charge in [-0.05, 0) is 24.6 Å². The summed E-state index contributed by atoms with van der Waals surface area (Å²) in [6, 6.07) is 1.75. The second kappa shape index (κ2) is 7.35.